The molecule has 0 unspecified atom stereocenters. The van der Waals surface area contributed by atoms with Gasteiger partial charge in [0.1, 0.15) is 13.0 Å². The van der Waals surface area contributed by atoms with E-state index in [1.54, 1.807) is 9.80 Å². The molecule has 4 N–H and O–H groups in total. The van der Waals surface area contributed by atoms with Gasteiger partial charge in [0.05, 0.1) is 13.7 Å². The first-order chi connectivity index (χ1) is 11.8. The lowest BCUT2D eigenvalue weighted by atomic mass is 10.3. The summed E-state index contributed by atoms with van der Waals surface area (Å²) >= 11 is 0. The number of carbonyl (C=O) groups is 1. The zero-order valence-corrected chi connectivity index (χ0v) is 15.4. The van der Waals surface area contributed by atoms with Gasteiger partial charge in [-0.15, -0.1) is 0 Å². The quantitative estimate of drug-likeness (QED) is 0.226. The molecule has 1 saturated heterocycles. The summed E-state index contributed by atoms with van der Waals surface area (Å²) in [6.07, 6.45) is -0.356. The van der Waals surface area contributed by atoms with E-state index in [-0.39, 0.29) is 19.6 Å². The average molecular weight is 384 g/mol. The van der Waals surface area contributed by atoms with Gasteiger partial charge in [-0.2, -0.15) is 0 Å². The lowest BCUT2D eigenvalue weighted by Crippen LogP contribution is -2.46. The van der Waals surface area contributed by atoms with Crippen molar-refractivity contribution in [2.45, 2.75) is 0 Å². The Morgan fingerprint density at radius 3 is 2.16 bits per heavy atom. The number of rotatable bonds is 7. The predicted octanol–water partition coefficient (Wildman–Crippen LogP) is -1.75. The molecule has 0 amide bonds. The Hall–Kier alpha value is -0.620. The molecule has 1 heterocycles. The van der Waals surface area contributed by atoms with E-state index in [2.05, 4.69) is 10.2 Å². The van der Waals surface area contributed by atoms with Gasteiger partial charge in [-0.25, -0.2) is 9.78 Å². The highest BCUT2D eigenvalue weighted by molar-refractivity contribution is 7.51. The molecule has 1 aliphatic heterocycles. The first-order valence-electron chi connectivity index (χ1n) is 8.10. The smallest absolute Gasteiger partial charge is 0.339 e. The minimum Gasteiger partial charge on any atom is -0.480 e. The van der Waals surface area contributed by atoms with E-state index < -0.39 is 13.6 Å². The molecule has 0 spiro atoms. The topological polar surface area (TPSA) is 135 Å². The Morgan fingerprint density at radius 1 is 1.04 bits per heavy atom. The highest BCUT2D eigenvalue weighted by Crippen LogP contribution is 2.34. The molecule has 1 rings (SSSR count). The summed E-state index contributed by atoms with van der Waals surface area (Å²) < 4.78 is 11.4. The number of hydrogen-bond donors (Lipinski definition) is 4. The number of nitrogens with zero attached hydrogens (tertiary/aromatic N) is 3. The summed E-state index contributed by atoms with van der Waals surface area (Å²) in [6.45, 7) is 4.46. The van der Waals surface area contributed by atoms with Crippen LogP contribution in [0.1, 0.15) is 0 Å². The van der Waals surface area contributed by atoms with E-state index in [1.807, 2.05) is 4.90 Å². The van der Waals surface area contributed by atoms with Crippen molar-refractivity contribution in [3.63, 3.8) is 0 Å². The predicted molar refractivity (Wildman–Crippen MR) is 90.0 cm³/mol. The molecule has 1 aliphatic rings. The van der Waals surface area contributed by atoms with Crippen LogP contribution in [-0.4, -0.2) is 115 Å². The van der Waals surface area contributed by atoms with Crippen LogP contribution in [0, 0.1) is 0 Å². The molecule has 148 valence electrons. The van der Waals surface area contributed by atoms with Crippen LogP contribution in [-0.2, 0) is 19.1 Å². The largest absolute Gasteiger partial charge is 0.480 e. The standard InChI is InChI=1S/C13H29N4O7P/c1-23-24-11-16-5-3-14-2-4-15(10-13(18)19)6-8-17(9-7-16)12-25(20,21)22/h14H,2-12H2,1H3,(H,18,19)(H2,20,21,22). The first-order valence-corrected chi connectivity index (χ1v) is 9.89. The number of aliphatic carboxylic acids is 1. The van der Waals surface area contributed by atoms with Gasteiger partial charge in [0, 0.05) is 52.4 Å². The molecule has 0 radical (unpaired) electrons. The van der Waals surface area contributed by atoms with E-state index in [9.17, 15) is 19.1 Å². The van der Waals surface area contributed by atoms with Gasteiger partial charge >= 0.3 is 13.6 Å². The summed E-state index contributed by atoms with van der Waals surface area (Å²) in [5.41, 5.74) is 0. The molecule has 0 bridgehead atoms. The SMILES string of the molecule is COOCN1CCNCCN(CC(=O)O)CCN(CP(=O)(O)O)CC1. The van der Waals surface area contributed by atoms with Crippen LogP contribution >= 0.6 is 7.60 Å². The van der Waals surface area contributed by atoms with Gasteiger partial charge < -0.3 is 20.2 Å². The summed E-state index contributed by atoms with van der Waals surface area (Å²) in [7, 11) is -2.77. The number of carboxylic acid groups (broad SMARTS) is 1. The summed E-state index contributed by atoms with van der Waals surface area (Å²) in [6, 6.07) is 0. The highest BCUT2D eigenvalue weighted by atomic mass is 31.2. The third-order valence-electron chi connectivity index (χ3n) is 3.77. The Bertz CT molecular complexity index is 437. The van der Waals surface area contributed by atoms with E-state index >= 15 is 0 Å². The highest BCUT2D eigenvalue weighted by Gasteiger charge is 2.21. The molecule has 0 aromatic rings. The van der Waals surface area contributed by atoms with Crippen molar-refractivity contribution >= 4 is 13.6 Å². The molecular weight excluding hydrogens is 355 g/mol. The van der Waals surface area contributed by atoms with E-state index in [0.29, 0.717) is 52.4 Å². The Balaban J connectivity index is 2.70. The summed E-state index contributed by atoms with van der Waals surface area (Å²) in [4.78, 5) is 44.5. The van der Waals surface area contributed by atoms with Crippen LogP contribution < -0.4 is 5.32 Å². The van der Waals surface area contributed by atoms with Gasteiger partial charge in [0.25, 0.3) is 0 Å². The van der Waals surface area contributed by atoms with Crippen molar-refractivity contribution in [2.24, 2.45) is 0 Å². The average Bonchev–Trinajstić information content (AvgIpc) is 2.50. The van der Waals surface area contributed by atoms with Crippen molar-refractivity contribution in [1.29, 1.82) is 0 Å². The summed E-state index contributed by atoms with van der Waals surface area (Å²) in [5.74, 6) is -0.920. The van der Waals surface area contributed by atoms with Gasteiger partial charge in [0.15, 0.2) is 0 Å². The molecule has 25 heavy (non-hydrogen) atoms. The Kier molecular flexibility index (Phi) is 10.7. The number of hydrogen-bond acceptors (Lipinski definition) is 8. The van der Waals surface area contributed by atoms with E-state index in [4.69, 9.17) is 9.99 Å². The second-order valence-corrected chi connectivity index (χ2v) is 7.49. The van der Waals surface area contributed by atoms with Gasteiger partial charge in [-0.1, -0.05) is 0 Å². The minimum absolute atomic E-state index is 0.0980. The Labute approximate surface area is 147 Å². The maximum atomic E-state index is 11.4. The lowest BCUT2D eigenvalue weighted by molar-refractivity contribution is -0.295. The fourth-order valence-corrected chi connectivity index (χ4v) is 3.31. The van der Waals surface area contributed by atoms with Crippen molar-refractivity contribution in [2.75, 3.05) is 79.0 Å². The third kappa shape index (κ3) is 11.6. The molecule has 11 nitrogen and oxygen atoms in total. The van der Waals surface area contributed by atoms with Crippen LogP contribution in [0.3, 0.4) is 0 Å². The van der Waals surface area contributed by atoms with Crippen LogP contribution in [0.25, 0.3) is 0 Å². The van der Waals surface area contributed by atoms with Crippen LogP contribution in [0.15, 0.2) is 0 Å². The van der Waals surface area contributed by atoms with Crippen LogP contribution in [0.4, 0.5) is 0 Å². The van der Waals surface area contributed by atoms with Crippen molar-refractivity contribution in [3.05, 3.63) is 0 Å². The van der Waals surface area contributed by atoms with Gasteiger partial charge in [-0.3, -0.25) is 24.1 Å². The normalized spacial score (nSPS) is 20.8. The van der Waals surface area contributed by atoms with Gasteiger partial charge in [0.2, 0.25) is 0 Å². The van der Waals surface area contributed by atoms with Crippen LogP contribution in [0.2, 0.25) is 0 Å². The zero-order chi connectivity index (χ0) is 18.7. The second-order valence-electron chi connectivity index (χ2n) is 5.88. The lowest BCUT2D eigenvalue weighted by Gasteiger charge is -2.30. The maximum Gasteiger partial charge on any atom is 0.339 e. The Morgan fingerprint density at radius 2 is 1.60 bits per heavy atom. The zero-order valence-electron chi connectivity index (χ0n) is 14.5. The maximum absolute atomic E-state index is 11.4. The molecule has 1 fully saturated rings. The van der Waals surface area contributed by atoms with Crippen molar-refractivity contribution in [1.82, 2.24) is 20.0 Å². The fraction of sp³-hybridized carbons (Fsp3) is 0.923. The number of carboxylic acids is 1. The first kappa shape index (κ1) is 22.4. The van der Waals surface area contributed by atoms with Gasteiger partial charge in [-0.05, 0) is 0 Å². The van der Waals surface area contributed by atoms with Crippen molar-refractivity contribution < 1.29 is 34.0 Å². The molecule has 0 aromatic carbocycles. The van der Waals surface area contributed by atoms with E-state index in [0.717, 1.165) is 0 Å². The monoisotopic (exact) mass is 384 g/mol. The summed E-state index contributed by atoms with van der Waals surface area (Å²) in [5, 5.41) is 12.2. The second kappa shape index (κ2) is 11.9. The third-order valence-corrected chi connectivity index (χ3v) is 4.54. The molecule has 0 atom stereocenters. The van der Waals surface area contributed by atoms with Crippen LogP contribution in [0.5, 0.6) is 0 Å². The minimum atomic E-state index is -4.20. The molecule has 0 aliphatic carbocycles. The molecule has 0 saturated carbocycles. The molecule has 0 aromatic heterocycles. The fourth-order valence-electron chi connectivity index (χ4n) is 2.51. The molecular formula is C13H29N4O7P. The van der Waals surface area contributed by atoms with E-state index in [1.165, 1.54) is 7.11 Å². The number of nitrogens with one attached hydrogen (secondary N) is 1. The molecule has 12 heteroatoms. The van der Waals surface area contributed by atoms with Crippen molar-refractivity contribution in [3.8, 4) is 0 Å².